The Balaban J connectivity index is 1.95. The summed E-state index contributed by atoms with van der Waals surface area (Å²) in [7, 11) is 0. The van der Waals surface area contributed by atoms with E-state index >= 15 is 0 Å². The van der Waals surface area contributed by atoms with Gasteiger partial charge in [-0.25, -0.2) is 0 Å². The van der Waals surface area contributed by atoms with Crippen LogP contribution >= 0.6 is 0 Å². The van der Waals surface area contributed by atoms with E-state index in [9.17, 15) is 9.90 Å². The average Bonchev–Trinajstić information content (AvgIpc) is 2.47. The molecule has 116 valence electrons. The highest BCUT2D eigenvalue weighted by molar-refractivity contribution is 5.78. The smallest absolute Gasteiger partial charge is 0.323 e. The monoisotopic (exact) mass is 282 g/mol. The van der Waals surface area contributed by atoms with Crippen molar-refractivity contribution >= 4 is 5.97 Å². The van der Waals surface area contributed by atoms with E-state index in [1.165, 1.54) is 25.7 Å². The molecule has 0 bridgehead atoms. The van der Waals surface area contributed by atoms with Crippen molar-refractivity contribution in [3.8, 4) is 0 Å². The highest BCUT2D eigenvalue weighted by atomic mass is 16.4. The number of hydrogen-bond acceptors (Lipinski definition) is 3. The van der Waals surface area contributed by atoms with Crippen molar-refractivity contribution in [1.82, 2.24) is 4.90 Å². The van der Waals surface area contributed by atoms with Crippen molar-refractivity contribution in [1.29, 1.82) is 0 Å². The first-order chi connectivity index (χ1) is 9.45. The minimum absolute atomic E-state index is 0.372. The minimum atomic E-state index is -0.993. The van der Waals surface area contributed by atoms with Gasteiger partial charge in [0.1, 0.15) is 5.54 Å². The molecule has 2 unspecified atom stereocenters. The van der Waals surface area contributed by atoms with Gasteiger partial charge in [0, 0.05) is 6.04 Å². The third-order valence-electron chi connectivity index (χ3n) is 6.06. The number of nitrogens with two attached hydrogens (primary N) is 1. The maximum atomic E-state index is 11.4. The van der Waals surface area contributed by atoms with Crippen molar-refractivity contribution in [2.75, 3.05) is 13.1 Å². The summed E-state index contributed by atoms with van der Waals surface area (Å²) in [5.41, 5.74) is 5.61. The fourth-order valence-corrected chi connectivity index (χ4v) is 4.10. The highest BCUT2D eigenvalue weighted by Crippen LogP contribution is 2.40. The Morgan fingerprint density at radius 2 is 1.85 bits per heavy atom. The van der Waals surface area contributed by atoms with E-state index in [1.807, 2.05) is 0 Å². The predicted octanol–water partition coefficient (Wildman–Crippen LogP) is 2.61. The number of rotatable bonds is 4. The topological polar surface area (TPSA) is 66.6 Å². The van der Waals surface area contributed by atoms with E-state index in [0.717, 1.165) is 25.9 Å². The lowest BCUT2D eigenvalue weighted by Gasteiger charge is -2.47. The molecule has 4 nitrogen and oxygen atoms in total. The summed E-state index contributed by atoms with van der Waals surface area (Å²) in [4.78, 5) is 13.9. The molecule has 2 rings (SSSR count). The molecule has 2 aliphatic rings. The van der Waals surface area contributed by atoms with Crippen LogP contribution in [-0.2, 0) is 4.79 Å². The van der Waals surface area contributed by atoms with Crippen molar-refractivity contribution in [2.45, 2.75) is 76.8 Å². The van der Waals surface area contributed by atoms with Crippen molar-refractivity contribution in [3.05, 3.63) is 0 Å². The first-order valence-corrected chi connectivity index (χ1v) is 8.21. The van der Waals surface area contributed by atoms with Gasteiger partial charge in [-0.15, -0.1) is 0 Å². The Bertz CT molecular complexity index is 344. The summed E-state index contributed by atoms with van der Waals surface area (Å²) in [6, 6.07) is 0.372. The third-order valence-corrected chi connectivity index (χ3v) is 6.06. The molecular formula is C16H30N2O2. The van der Waals surface area contributed by atoms with Crippen LogP contribution in [-0.4, -0.2) is 40.6 Å². The lowest BCUT2D eigenvalue weighted by atomic mass is 9.72. The number of carbonyl (C=O) groups is 1. The average molecular weight is 282 g/mol. The molecule has 3 N–H and O–H groups in total. The lowest BCUT2D eigenvalue weighted by molar-refractivity contribution is -0.145. The number of aliphatic carboxylic acids is 1. The normalized spacial score (nSPS) is 34.9. The zero-order valence-electron chi connectivity index (χ0n) is 13.0. The number of likely N-dealkylation sites (tertiary alicyclic amines) is 1. The largest absolute Gasteiger partial charge is 0.480 e. The van der Waals surface area contributed by atoms with Gasteiger partial charge in [-0.05, 0) is 57.0 Å². The molecule has 0 spiro atoms. The molecule has 1 saturated carbocycles. The van der Waals surface area contributed by atoms with Crippen LogP contribution < -0.4 is 5.73 Å². The van der Waals surface area contributed by atoms with Crippen LogP contribution in [0.25, 0.3) is 0 Å². The van der Waals surface area contributed by atoms with E-state index in [0.29, 0.717) is 24.3 Å². The van der Waals surface area contributed by atoms with Crippen LogP contribution in [0.5, 0.6) is 0 Å². The van der Waals surface area contributed by atoms with Gasteiger partial charge in [0.2, 0.25) is 0 Å². The van der Waals surface area contributed by atoms with Crippen LogP contribution in [0.4, 0.5) is 0 Å². The molecule has 0 amide bonds. The molecule has 0 radical (unpaired) electrons. The zero-order chi connectivity index (χ0) is 14.8. The SMILES string of the molecule is CCC1(CC)CCN(C2CCCC(N)(C(=O)O)C2)CC1. The van der Waals surface area contributed by atoms with E-state index in [-0.39, 0.29) is 0 Å². The van der Waals surface area contributed by atoms with Crippen molar-refractivity contribution in [3.63, 3.8) is 0 Å². The molecule has 20 heavy (non-hydrogen) atoms. The molecular weight excluding hydrogens is 252 g/mol. The molecule has 1 aliphatic heterocycles. The van der Waals surface area contributed by atoms with E-state index in [2.05, 4.69) is 18.7 Å². The number of carboxylic acid groups (broad SMARTS) is 1. The summed E-state index contributed by atoms with van der Waals surface area (Å²) >= 11 is 0. The fourth-order valence-electron chi connectivity index (χ4n) is 4.10. The van der Waals surface area contributed by atoms with Gasteiger partial charge in [-0.2, -0.15) is 0 Å². The van der Waals surface area contributed by atoms with Crippen LogP contribution in [0.1, 0.15) is 65.2 Å². The lowest BCUT2D eigenvalue weighted by Crippen LogP contribution is -2.57. The summed E-state index contributed by atoms with van der Waals surface area (Å²) in [5, 5.41) is 9.33. The van der Waals surface area contributed by atoms with Crippen LogP contribution in [0, 0.1) is 5.41 Å². The number of carboxylic acids is 1. The molecule has 2 fully saturated rings. The second-order valence-electron chi connectivity index (χ2n) is 6.95. The predicted molar refractivity (Wildman–Crippen MR) is 80.6 cm³/mol. The standard InChI is InChI=1S/C16H30N2O2/c1-3-15(4-2)8-10-18(11-9-15)13-6-5-7-16(17,12-13)14(19)20/h13H,3-12,17H2,1-2H3,(H,19,20). The molecule has 1 saturated heterocycles. The van der Waals surface area contributed by atoms with Crippen LogP contribution in [0.2, 0.25) is 0 Å². The number of nitrogens with zero attached hydrogens (tertiary/aromatic N) is 1. The van der Waals surface area contributed by atoms with Crippen molar-refractivity contribution in [2.24, 2.45) is 11.1 Å². The van der Waals surface area contributed by atoms with Crippen LogP contribution in [0.3, 0.4) is 0 Å². The minimum Gasteiger partial charge on any atom is -0.480 e. The zero-order valence-corrected chi connectivity index (χ0v) is 13.0. The van der Waals surface area contributed by atoms with Gasteiger partial charge in [0.05, 0.1) is 0 Å². The Kier molecular flexibility index (Phi) is 4.75. The Hall–Kier alpha value is -0.610. The third kappa shape index (κ3) is 3.01. The number of piperidine rings is 1. The van der Waals surface area contributed by atoms with E-state index in [4.69, 9.17) is 5.73 Å². The Morgan fingerprint density at radius 1 is 1.25 bits per heavy atom. The molecule has 0 aromatic heterocycles. The molecule has 1 heterocycles. The second kappa shape index (κ2) is 6.02. The van der Waals surface area contributed by atoms with E-state index < -0.39 is 11.5 Å². The maximum absolute atomic E-state index is 11.4. The van der Waals surface area contributed by atoms with Gasteiger partial charge in [-0.3, -0.25) is 4.79 Å². The van der Waals surface area contributed by atoms with E-state index in [1.54, 1.807) is 0 Å². The van der Waals surface area contributed by atoms with Gasteiger partial charge < -0.3 is 15.7 Å². The Labute approximate surface area is 122 Å². The first-order valence-electron chi connectivity index (χ1n) is 8.21. The van der Waals surface area contributed by atoms with Gasteiger partial charge in [0.25, 0.3) is 0 Å². The summed E-state index contributed by atoms with van der Waals surface area (Å²) in [5.74, 6) is -0.823. The molecule has 2 atom stereocenters. The summed E-state index contributed by atoms with van der Waals surface area (Å²) in [6.07, 6.45) is 8.32. The molecule has 0 aromatic carbocycles. The van der Waals surface area contributed by atoms with Gasteiger partial charge >= 0.3 is 5.97 Å². The van der Waals surface area contributed by atoms with Gasteiger partial charge in [-0.1, -0.05) is 26.7 Å². The first kappa shape index (κ1) is 15.8. The number of hydrogen-bond donors (Lipinski definition) is 2. The van der Waals surface area contributed by atoms with Crippen molar-refractivity contribution < 1.29 is 9.90 Å². The second-order valence-corrected chi connectivity index (χ2v) is 6.95. The quantitative estimate of drug-likeness (QED) is 0.832. The maximum Gasteiger partial charge on any atom is 0.323 e. The molecule has 1 aliphatic carbocycles. The summed E-state index contributed by atoms with van der Waals surface area (Å²) < 4.78 is 0. The fraction of sp³-hybridized carbons (Fsp3) is 0.938. The molecule has 0 aromatic rings. The molecule has 4 heteroatoms. The van der Waals surface area contributed by atoms with Crippen LogP contribution in [0.15, 0.2) is 0 Å². The van der Waals surface area contributed by atoms with Gasteiger partial charge in [0.15, 0.2) is 0 Å². The summed E-state index contributed by atoms with van der Waals surface area (Å²) in [6.45, 7) is 6.83. The highest BCUT2D eigenvalue weighted by Gasteiger charge is 2.42. The Morgan fingerprint density at radius 3 is 2.35 bits per heavy atom.